The molecule has 0 radical (unpaired) electrons. The molecule has 0 saturated heterocycles. The van der Waals surface area contributed by atoms with Gasteiger partial charge in [0.1, 0.15) is 5.60 Å². The molecule has 1 aromatic heterocycles. The second-order valence-corrected chi connectivity index (χ2v) is 7.61. The molecule has 2 aliphatic carbocycles. The largest absolute Gasteiger partial charge is 0.382 e. The van der Waals surface area contributed by atoms with E-state index < -0.39 is 17.4 Å². The van der Waals surface area contributed by atoms with Gasteiger partial charge in [0.05, 0.1) is 6.54 Å². The number of hydrogen-bond donors (Lipinski definition) is 3. The first-order valence-electron chi connectivity index (χ1n) is 8.44. The first-order valence-corrected chi connectivity index (χ1v) is 9.32. The molecule has 3 rings (SSSR count). The molecule has 5 nitrogen and oxygen atoms in total. The molecule has 2 aliphatic rings. The second-order valence-electron chi connectivity index (χ2n) is 6.67. The van der Waals surface area contributed by atoms with Crippen molar-refractivity contribution in [1.29, 1.82) is 0 Å². The summed E-state index contributed by atoms with van der Waals surface area (Å²) in [6.07, 6.45) is 7.21. The number of hydrogen-bond acceptors (Lipinski definition) is 4. The van der Waals surface area contributed by atoms with Gasteiger partial charge in [-0.15, -0.1) is 11.3 Å². The number of carbonyl (C=O) groups excluding carboxylic acids is 2. The molecule has 1 aromatic rings. The molecule has 3 N–H and O–H groups in total. The zero-order valence-electron chi connectivity index (χ0n) is 13.2. The molecule has 0 aliphatic heterocycles. The van der Waals surface area contributed by atoms with E-state index in [9.17, 15) is 14.7 Å². The van der Waals surface area contributed by atoms with Crippen LogP contribution in [-0.4, -0.2) is 29.5 Å². The van der Waals surface area contributed by atoms with Crippen LogP contribution in [0.3, 0.4) is 0 Å². The quantitative estimate of drug-likeness (QED) is 0.719. The van der Waals surface area contributed by atoms with Gasteiger partial charge in [-0.1, -0.05) is 25.3 Å². The molecule has 2 amide bonds. The third-order valence-electron chi connectivity index (χ3n) is 4.87. The fraction of sp³-hybridized carbons (Fsp3) is 0.647. The lowest BCUT2D eigenvalue weighted by Crippen LogP contribution is -2.49. The smallest absolute Gasteiger partial charge is 0.309 e. The van der Waals surface area contributed by atoms with Crippen molar-refractivity contribution in [3.8, 4) is 0 Å². The average Bonchev–Trinajstić information content (AvgIpc) is 3.28. The van der Waals surface area contributed by atoms with E-state index in [1.165, 1.54) is 17.8 Å². The SMILES string of the molecule is O=C(NCC(O)(c1cccs1)C1CC1)C(=O)NC1CCCCC1. The highest BCUT2D eigenvalue weighted by Gasteiger charge is 2.46. The minimum Gasteiger partial charge on any atom is -0.382 e. The van der Waals surface area contributed by atoms with Gasteiger partial charge in [-0.3, -0.25) is 9.59 Å². The second kappa shape index (κ2) is 7.01. The van der Waals surface area contributed by atoms with Crippen LogP contribution in [0.15, 0.2) is 17.5 Å². The summed E-state index contributed by atoms with van der Waals surface area (Å²) in [5, 5.41) is 18.3. The monoisotopic (exact) mass is 336 g/mol. The first kappa shape index (κ1) is 16.5. The van der Waals surface area contributed by atoms with Crippen molar-refractivity contribution in [3.05, 3.63) is 22.4 Å². The highest BCUT2D eigenvalue weighted by molar-refractivity contribution is 7.10. The van der Waals surface area contributed by atoms with Crippen LogP contribution in [0.1, 0.15) is 49.8 Å². The molecule has 0 bridgehead atoms. The Morgan fingerprint density at radius 3 is 2.52 bits per heavy atom. The van der Waals surface area contributed by atoms with Crippen molar-refractivity contribution in [1.82, 2.24) is 10.6 Å². The van der Waals surface area contributed by atoms with Crippen LogP contribution in [0.4, 0.5) is 0 Å². The van der Waals surface area contributed by atoms with Gasteiger partial charge in [-0.2, -0.15) is 0 Å². The van der Waals surface area contributed by atoms with Crippen LogP contribution in [0.5, 0.6) is 0 Å². The third kappa shape index (κ3) is 3.93. The molecule has 0 aromatic carbocycles. The highest BCUT2D eigenvalue weighted by atomic mass is 32.1. The Morgan fingerprint density at radius 2 is 1.91 bits per heavy atom. The summed E-state index contributed by atoms with van der Waals surface area (Å²) in [6.45, 7) is 0.0924. The van der Waals surface area contributed by atoms with Gasteiger partial charge < -0.3 is 15.7 Å². The fourth-order valence-electron chi connectivity index (χ4n) is 3.31. The van der Waals surface area contributed by atoms with Crippen LogP contribution >= 0.6 is 11.3 Å². The van der Waals surface area contributed by atoms with Crippen molar-refractivity contribution >= 4 is 23.2 Å². The van der Waals surface area contributed by atoms with Crippen molar-refractivity contribution in [2.24, 2.45) is 5.92 Å². The molecular formula is C17H24N2O3S. The molecule has 2 fully saturated rings. The highest BCUT2D eigenvalue weighted by Crippen LogP contribution is 2.46. The Labute approximate surface area is 140 Å². The van der Waals surface area contributed by atoms with Crippen LogP contribution in [-0.2, 0) is 15.2 Å². The zero-order valence-corrected chi connectivity index (χ0v) is 14.0. The van der Waals surface area contributed by atoms with Gasteiger partial charge in [-0.05, 0) is 43.0 Å². The topological polar surface area (TPSA) is 78.4 Å². The van der Waals surface area contributed by atoms with Crippen molar-refractivity contribution in [3.63, 3.8) is 0 Å². The van der Waals surface area contributed by atoms with Gasteiger partial charge in [0, 0.05) is 10.9 Å². The van der Waals surface area contributed by atoms with E-state index in [1.54, 1.807) is 0 Å². The number of rotatable bonds is 5. The Balaban J connectivity index is 1.53. The Morgan fingerprint density at radius 1 is 1.17 bits per heavy atom. The molecule has 23 heavy (non-hydrogen) atoms. The van der Waals surface area contributed by atoms with Gasteiger partial charge >= 0.3 is 11.8 Å². The molecule has 1 heterocycles. The summed E-state index contributed by atoms with van der Waals surface area (Å²) in [6, 6.07) is 3.89. The minimum atomic E-state index is -1.05. The van der Waals surface area contributed by atoms with E-state index in [-0.39, 0.29) is 18.5 Å². The van der Waals surface area contributed by atoms with E-state index in [0.29, 0.717) is 0 Å². The van der Waals surface area contributed by atoms with E-state index >= 15 is 0 Å². The number of thiophene rings is 1. The lowest BCUT2D eigenvalue weighted by atomic mass is 9.95. The third-order valence-corrected chi connectivity index (χ3v) is 5.90. The van der Waals surface area contributed by atoms with E-state index in [4.69, 9.17) is 0 Å². The summed E-state index contributed by atoms with van der Waals surface area (Å²) >= 11 is 1.48. The normalized spacial score (nSPS) is 21.4. The van der Waals surface area contributed by atoms with Gasteiger partial charge in [0.2, 0.25) is 0 Å². The standard InChI is InChI=1S/C17H24N2O3S/c20-15(16(21)19-13-5-2-1-3-6-13)18-11-17(22,12-8-9-12)14-7-4-10-23-14/h4,7,10,12-13,22H,1-3,5-6,8-9,11H2,(H,18,20)(H,19,21). The lowest BCUT2D eigenvalue weighted by Gasteiger charge is -2.27. The maximum Gasteiger partial charge on any atom is 0.309 e. The maximum atomic E-state index is 12.0. The van der Waals surface area contributed by atoms with Gasteiger partial charge in [0.15, 0.2) is 0 Å². The molecule has 0 spiro atoms. The molecule has 126 valence electrons. The van der Waals surface area contributed by atoms with E-state index in [2.05, 4.69) is 10.6 Å². The van der Waals surface area contributed by atoms with Crippen LogP contribution < -0.4 is 10.6 Å². The molecular weight excluding hydrogens is 312 g/mol. The number of amides is 2. The Bertz CT molecular complexity index is 550. The number of carbonyl (C=O) groups is 2. The fourth-order valence-corrected chi connectivity index (χ4v) is 4.22. The first-order chi connectivity index (χ1) is 11.1. The van der Waals surface area contributed by atoms with Gasteiger partial charge in [0.25, 0.3) is 0 Å². The summed E-state index contributed by atoms with van der Waals surface area (Å²) in [7, 11) is 0. The van der Waals surface area contributed by atoms with E-state index in [1.807, 2.05) is 17.5 Å². The maximum absolute atomic E-state index is 12.0. The van der Waals surface area contributed by atoms with Crippen molar-refractivity contribution in [2.75, 3.05) is 6.54 Å². The Hall–Kier alpha value is -1.40. The lowest BCUT2D eigenvalue weighted by molar-refractivity contribution is -0.140. The van der Waals surface area contributed by atoms with Gasteiger partial charge in [-0.25, -0.2) is 0 Å². The summed E-state index contributed by atoms with van der Waals surface area (Å²) < 4.78 is 0. The van der Waals surface area contributed by atoms with Crippen LogP contribution in [0.2, 0.25) is 0 Å². The van der Waals surface area contributed by atoms with Crippen molar-refractivity contribution in [2.45, 2.75) is 56.6 Å². The van der Waals surface area contributed by atoms with Crippen LogP contribution in [0, 0.1) is 5.92 Å². The molecule has 1 unspecified atom stereocenters. The molecule has 6 heteroatoms. The predicted octanol–water partition coefficient (Wildman–Crippen LogP) is 1.91. The number of aliphatic hydroxyl groups is 1. The zero-order chi connectivity index (χ0) is 16.3. The summed E-state index contributed by atoms with van der Waals surface area (Å²) in [5.74, 6) is -1.06. The number of nitrogens with one attached hydrogen (secondary N) is 2. The molecule has 1 atom stereocenters. The average molecular weight is 336 g/mol. The predicted molar refractivity (Wildman–Crippen MR) is 89.0 cm³/mol. The molecule has 2 saturated carbocycles. The minimum absolute atomic E-state index is 0.0924. The Kier molecular flexibility index (Phi) is 5.02. The van der Waals surface area contributed by atoms with E-state index in [0.717, 1.165) is 43.4 Å². The van der Waals surface area contributed by atoms with Crippen LogP contribution in [0.25, 0.3) is 0 Å². The summed E-state index contributed by atoms with van der Waals surface area (Å²) in [5.41, 5.74) is -1.05. The summed E-state index contributed by atoms with van der Waals surface area (Å²) in [4.78, 5) is 24.9. The van der Waals surface area contributed by atoms with Crippen molar-refractivity contribution < 1.29 is 14.7 Å².